The molecule has 5 nitrogen and oxygen atoms in total. The van der Waals surface area contributed by atoms with Crippen LogP contribution < -0.4 is 20.1 Å². The Morgan fingerprint density at radius 3 is 2.36 bits per heavy atom. The molecular weight excluding hydrogens is 314 g/mol. The minimum atomic E-state index is 0.659. The third kappa shape index (κ3) is 6.03. The van der Waals surface area contributed by atoms with Gasteiger partial charge in [-0.05, 0) is 36.6 Å². The van der Waals surface area contributed by atoms with Crippen LogP contribution in [0.25, 0.3) is 0 Å². The van der Waals surface area contributed by atoms with Crippen molar-refractivity contribution in [2.75, 3.05) is 27.3 Å². The summed E-state index contributed by atoms with van der Waals surface area (Å²) in [5.74, 6) is 2.33. The van der Waals surface area contributed by atoms with Crippen molar-refractivity contribution in [3.8, 4) is 11.5 Å². The molecule has 0 aliphatic carbocycles. The Morgan fingerprint density at radius 1 is 0.920 bits per heavy atom. The third-order valence-corrected chi connectivity index (χ3v) is 3.76. The van der Waals surface area contributed by atoms with E-state index < -0.39 is 0 Å². The van der Waals surface area contributed by atoms with Crippen LogP contribution in [-0.2, 0) is 13.0 Å². The van der Waals surface area contributed by atoms with Crippen molar-refractivity contribution in [2.45, 2.75) is 19.9 Å². The Kier molecular flexibility index (Phi) is 7.63. The average molecular weight is 341 g/mol. The van der Waals surface area contributed by atoms with Gasteiger partial charge >= 0.3 is 0 Å². The first-order valence-electron chi connectivity index (χ1n) is 8.53. The van der Waals surface area contributed by atoms with Gasteiger partial charge in [-0.25, -0.2) is 4.99 Å². The Bertz CT molecular complexity index is 672. The first-order valence-corrected chi connectivity index (χ1v) is 8.53. The fourth-order valence-electron chi connectivity index (χ4n) is 2.46. The minimum absolute atomic E-state index is 0.659. The number of hydrogen-bond acceptors (Lipinski definition) is 3. The van der Waals surface area contributed by atoms with Crippen molar-refractivity contribution in [3.63, 3.8) is 0 Å². The zero-order valence-corrected chi connectivity index (χ0v) is 15.2. The zero-order chi connectivity index (χ0) is 17.9. The van der Waals surface area contributed by atoms with Crippen LogP contribution in [0, 0.1) is 0 Å². The van der Waals surface area contributed by atoms with Gasteiger partial charge in [0.15, 0.2) is 17.5 Å². The lowest BCUT2D eigenvalue weighted by Gasteiger charge is -2.12. The van der Waals surface area contributed by atoms with Crippen molar-refractivity contribution < 1.29 is 9.47 Å². The van der Waals surface area contributed by atoms with Gasteiger partial charge in [0.2, 0.25) is 0 Å². The van der Waals surface area contributed by atoms with Crippen LogP contribution in [0.3, 0.4) is 0 Å². The first kappa shape index (κ1) is 18.6. The molecule has 0 aliphatic rings. The summed E-state index contributed by atoms with van der Waals surface area (Å²) in [6.45, 7) is 4.34. The minimum Gasteiger partial charge on any atom is -0.493 e. The molecule has 0 aliphatic heterocycles. The molecule has 0 saturated heterocycles. The van der Waals surface area contributed by atoms with E-state index in [1.807, 2.05) is 30.3 Å². The highest BCUT2D eigenvalue weighted by molar-refractivity contribution is 5.79. The third-order valence-electron chi connectivity index (χ3n) is 3.76. The lowest BCUT2D eigenvalue weighted by atomic mass is 10.1. The zero-order valence-electron chi connectivity index (χ0n) is 15.2. The molecule has 0 unspecified atom stereocenters. The molecule has 2 N–H and O–H groups in total. The standard InChI is InChI=1S/C20H27N3O2/c1-4-21-20(23-15-17-8-6-5-7-9-17)22-13-12-16-10-11-18(24-2)19(14-16)25-3/h5-11,14H,4,12-13,15H2,1-3H3,(H2,21,22,23). The number of rotatable bonds is 8. The van der Waals surface area contributed by atoms with Gasteiger partial charge < -0.3 is 20.1 Å². The van der Waals surface area contributed by atoms with Gasteiger partial charge in [0, 0.05) is 13.1 Å². The molecule has 2 rings (SSSR count). The maximum atomic E-state index is 5.35. The molecule has 0 spiro atoms. The molecular formula is C20H27N3O2. The Labute approximate surface area is 150 Å². The predicted molar refractivity (Wildman–Crippen MR) is 103 cm³/mol. The Balaban J connectivity index is 1.90. The van der Waals surface area contributed by atoms with Crippen molar-refractivity contribution >= 4 is 5.96 Å². The number of methoxy groups -OCH3 is 2. The maximum absolute atomic E-state index is 5.35. The monoisotopic (exact) mass is 341 g/mol. The summed E-state index contributed by atoms with van der Waals surface area (Å²) in [6, 6.07) is 16.2. The van der Waals surface area contributed by atoms with E-state index >= 15 is 0 Å². The molecule has 0 heterocycles. The number of benzene rings is 2. The molecule has 0 bridgehead atoms. The molecule has 5 heteroatoms. The van der Waals surface area contributed by atoms with Crippen LogP contribution in [0.4, 0.5) is 0 Å². The lowest BCUT2D eigenvalue weighted by Crippen LogP contribution is -2.38. The summed E-state index contributed by atoms with van der Waals surface area (Å²) in [5.41, 5.74) is 2.38. The molecule has 25 heavy (non-hydrogen) atoms. The second kappa shape index (κ2) is 10.2. The Morgan fingerprint density at radius 2 is 1.68 bits per heavy atom. The van der Waals surface area contributed by atoms with Crippen LogP contribution in [0.1, 0.15) is 18.1 Å². The molecule has 2 aromatic rings. The molecule has 0 amide bonds. The van der Waals surface area contributed by atoms with Crippen LogP contribution in [0.5, 0.6) is 11.5 Å². The average Bonchev–Trinajstić information content (AvgIpc) is 2.66. The largest absolute Gasteiger partial charge is 0.493 e. The summed E-state index contributed by atoms with van der Waals surface area (Å²) < 4.78 is 10.6. The highest BCUT2D eigenvalue weighted by Crippen LogP contribution is 2.27. The predicted octanol–water partition coefficient (Wildman–Crippen LogP) is 3.00. The van der Waals surface area contributed by atoms with E-state index in [2.05, 4.69) is 40.7 Å². The van der Waals surface area contributed by atoms with E-state index in [0.29, 0.717) is 6.54 Å². The Hall–Kier alpha value is -2.69. The summed E-state index contributed by atoms with van der Waals surface area (Å²) in [7, 11) is 3.30. The van der Waals surface area contributed by atoms with Gasteiger partial charge in [-0.1, -0.05) is 36.4 Å². The topological polar surface area (TPSA) is 54.9 Å². The van der Waals surface area contributed by atoms with Gasteiger partial charge in [0.05, 0.1) is 20.8 Å². The van der Waals surface area contributed by atoms with Gasteiger partial charge in [-0.2, -0.15) is 0 Å². The molecule has 0 radical (unpaired) electrons. The molecule has 0 aromatic heterocycles. The van der Waals surface area contributed by atoms with Crippen LogP contribution in [-0.4, -0.2) is 33.3 Å². The van der Waals surface area contributed by atoms with Crippen molar-refractivity contribution in [1.82, 2.24) is 10.6 Å². The number of guanidine groups is 1. The second-order valence-electron chi connectivity index (χ2n) is 5.55. The van der Waals surface area contributed by atoms with E-state index in [1.54, 1.807) is 14.2 Å². The van der Waals surface area contributed by atoms with E-state index in [0.717, 1.165) is 37.0 Å². The van der Waals surface area contributed by atoms with E-state index in [9.17, 15) is 0 Å². The summed E-state index contributed by atoms with van der Waals surface area (Å²) >= 11 is 0. The molecule has 134 valence electrons. The van der Waals surface area contributed by atoms with E-state index in [-0.39, 0.29) is 0 Å². The van der Waals surface area contributed by atoms with Gasteiger partial charge in [-0.15, -0.1) is 0 Å². The van der Waals surface area contributed by atoms with E-state index in [1.165, 1.54) is 11.1 Å². The second-order valence-corrected chi connectivity index (χ2v) is 5.55. The molecule has 2 aromatic carbocycles. The normalized spacial score (nSPS) is 11.1. The number of nitrogens with one attached hydrogen (secondary N) is 2. The SMILES string of the molecule is CCNC(=NCc1ccccc1)NCCc1ccc(OC)c(OC)c1. The van der Waals surface area contributed by atoms with Crippen LogP contribution in [0.2, 0.25) is 0 Å². The maximum Gasteiger partial charge on any atom is 0.191 e. The van der Waals surface area contributed by atoms with Crippen molar-refractivity contribution in [3.05, 3.63) is 59.7 Å². The fraction of sp³-hybridized carbons (Fsp3) is 0.350. The molecule has 0 fully saturated rings. The van der Waals surface area contributed by atoms with Crippen molar-refractivity contribution in [2.24, 2.45) is 4.99 Å². The number of nitrogens with zero attached hydrogens (tertiary/aromatic N) is 1. The highest BCUT2D eigenvalue weighted by Gasteiger charge is 2.05. The van der Waals surface area contributed by atoms with Gasteiger partial charge in [0.1, 0.15) is 0 Å². The molecule has 0 atom stereocenters. The van der Waals surface area contributed by atoms with Gasteiger partial charge in [-0.3, -0.25) is 0 Å². The van der Waals surface area contributed by atoms with Crippen molar-refractivity contribution in [1.29, 1.82) is 0 Å². The lowest BCUT2D eigenvalue weighted by molar-refractivity contribution is 0.354. The van der Waals surface area contributed by atoms with Crippen LogP contribution in [0.15, 0.2) is 53.5 Å². The quantitative estimate of drug-likeness (QED) is 0.572. The number of aliphatic imine (C=N–C) groups is 1. The van der Waals surface area contributed by atoms with E-state index in [4.69, 9.17) is 9.47 Å². The van der Waals surface area contributed by atoms with Gasteiger partial charge in [0.25, 0.3) is 0 Å². The smallest absolute Gasteiger partial charge is 0.191 e. The molecule has 0 saturated carbocycles. The first-order chi connectivity index (χ1) is 12.3. The number of ether oxygens (including phenoxy) is 2. The number of hydrogen-bond donors (Lipinski definition) is 2. The highest BCUT2D eigenvalue weighted by atomic mass is 16.5. The summed E-state index contributed by atoms with van der Waals surface area (Å²) in [4.78, 5) is 4.63. The summed E-state index contributed by atoms with van der Waals surface area (Å²) in [6.07, 6.45) is 0.871. The fourth-order valence-corrected chi connectivity index (χ4v) is 2.46. The van der Waals surface area contributed by atoms with Crippen LogP contribution >= 0.6 is 0 Å². The summed E-state index contributed by atoms with van der Waals surface area (Å²) in [5, 5.41) is 6.65.